The molecule has 6 nitrogen and oxygen atoms in total. The van der Waals surface area contributed by atoms with E-state index in [0.717, 1.165) is 25.8 Å². The number of carbonyl (C=O) groups is 1. The van der Waals surface area contributed by atoms with Crippen molar-refractivity contribution in [1.29, 1.82) is 0 Å². The van der Waals surface area contributed by atoms with Gasteiger partial charge in [-0.15, -0.1) is 11.3 Å². The van der Waals surface area contributed by atoms with E-state index >= 15 is 0 Å². The molecule has 2 atom stereocenters. The first-order valence-electron chi connectivity index (χ1n) is 10.6. The van der Waals surface area contributed by atoms with Crippen LogP contribution in [-0.2, 0) is 11.3 Å². The fraction of sp³-hybridized carbons (Fsp3) is 0.522. The Kier molecular flexibility index (Phi) is 6.49. The highest BCUT2D eigenvalue weighted by atomic mass is 32.1. The van der Waals surface area contributed by atoms with Crippen molar-refractivity contribution in [2.24, 2.45) is 5.41 Å². The van der Waals surface area contributed by atoms with E-state index in [2.05, 4.69) is 30.6 Å². The number of ether oxygens (including phenoxy) is 3. The van der Waals surface area contributed by atoms with Crippen molar-refractivity contribution in [2.75, 3.05) is 19.9 Å². The van der Waals surface area contributed by atoms with Crippen molar-refractivity contribution >= 4 is 17.2 Å². The van der Waals surface area contributed by atoms with E-state index in [0.29, 0.717) is 23.8 Å². The highest BCUT2D eigenvalue weighted by Crippen LogP contribution is 2.37. The zero-order valence-electron chi connectivity index (χ0n) is 17.7. The van der Waals surface area contributed by atoms with Crippen molar-refractivity contribution in [3.8, 4) is 17.2 Å². The van der Waals surface area contributed by atoms with Crippen LogP contribution in [0.1, 0.15) is 44.4 Å². The number of rotatable bonds is 8. The fourth-order valence-electron chi connectivity index (χ4n) is 4.37. The lowest BCUT2D eigenvalue weighted by atomic mass is 9.76. The van der Waals surface area contributed by atoms with Gasteiger partial charge in [0.05, 0.1) is 12.7 Å². The summed E-state index contributed by atoms with van der Waals surface area (Å²) in [7, 11) is 0. The first-order chi connectivity index (χ1) is 14.6. The number of hydrogen-bond acceptors (Lipinski definition) is 6. The molecule has 1 amide bonds. The van der Waals surface area contributed by atoms with Gasteiger partial charge in [-0.2, -0.15) is 0 Å². The van der Waals surface area contributed by atoms with Crippen LogP contribution in [0.3, 0.4) is 0 Å². The van der Waals surface area contributed by atoms with Gasteiger partial charge in [-0.25, -0.2) is 0 Å². The molecule has 2 aliphatic rings. The maximum atomic E-state index is 13.3. The quantitative estimate of drug-likeness (QED) is 0.673. The highest BCUT2D eigenvalue weighted by Gasteiger charge is 2.36. The van der Waals surface area contributed by atoms with Crippen LogP contribution < -0.4 is 19.5 Å². The van der Waals surface area contributed by atoms with Gasteiger partial charge >= 0.3 is 0 Å². The number of carbonyl (C=O) groups excluding carboxylic acids is 1. The third kappa shape index (κ3) is 4.90. The summed E-state index contributed by atoms with van der Waals surface area (Å²) in [6, 6.07) is 9.50. The number of thiophene rings is 1. The monoisotopic (exact) mass is 430 g/mol. The molecule has 2 aliphatic heterocycles. The van der Waals surface area contributed by atoms with Crippen molar-refractivity contribution in [2.45, 2.75) is 52.2 Å². The van der Waals surface area contributed by atoms with Gasteiger partial charge in [0.2, 0.25) is 6.79 Å². The SMILES string of the molecule is CCCC1(C)CCNC(N(Cc2cccs2)C(=O)COc2ccc3c(c2)OCO3)C1. The van der Waals surface area contributed by atoms with Gasteiger partial charge < -0.3 is 19.1 Å². The fourth-order valence-corrected chi connectivity index (χ4v) is 5.07. The molecule has 1 N–H and O–H groups in total. The predicted octanol–water partition coefficient (Wildman–Crippen LogP) is 4.40. The molecule has 1 saturated heterocycles. The molecule has 4 rings (SSSR count). The third-order valence-electron chi connectivity index (χ3n) is 5.96. The smallest absolute Gasteiger partial charge is 0.262 e. The minimum atomic E-state index is -0.0145. The molecule has 162 valence electrons. The first-order valence-corrected chi connectivity index (χ1v) is 11.5. The van der Waals surface area contributed by atoms with Crippen LogP contribution in [0, 0.1) is 5.41 Å². The van der Waals surface area contributed by atoms with E-state index in [1.807, 2.05) is 23.1 Å². The number of amides is 1. The Hall–Kier alpha value is -2.25. The molecule has 0 bridgehead atoms. The highest BCUT2D eigenvalue weighted by molar-refractivity contribution is 7.09. The largest absolute Gasteiger partial charge is 0.484 e. The Morgan fingerprint density at radius 2 is 2.20 bits per heavy atom. The number of nitrogens with zero attached hydrogens (tertiary/aromatic N) is 1. The standard InChI is InChI=1S/C23H30N2O4S/c1-3-8-23(2)9-10-24-21(13-23)25(14-18-5-4-11-30-18)22(26)15-27-17-6-7-19-20(12-17)29-16-28-19/h4-7,11-12,21,24H,3,8-10,13-16H2,1-2H3. The molecule has 0 aliphatic carbocycles. The first kappa shape index (κ1) is 21.0. The van der Waals surface area contributed by atoms with E-state index in [1.54, 1.807) is 17.4 Å². The molecule has 2 aromatic rings. The summed E-state index contributed by atoms with van der Waals surface area (Å²) in [5.41, 5.74) is 0.261. The molecule has 1 fully saturated rings. The molecule has 3 heterocycles. The van der Waals surface area contributed by atoms with Crippen LogP contribution in [0.4, 0.5) is 0 Å². The summed E-state index contributed by atoms with van der Waals surface area (Å²) in [5, 5.41) is 5.63. The normalized spacial score (nSPS) is 22.7. The van der Waals surface area contributed by atoms with Gasteiger partial charge in [0, 0.05) is 10.9 Å². The van der Waals surface area contributed by atoms with E-state index in [-0.39, 0.29) is 30.9 Å². The van der Waals surface area contributed by atoms with Gasteiger partial charge in [0.15, 0.2) is 18.1 Å². The van der Waals surface area contributed by atoms with Gasteiger partial charge in [-0.05, 0) is 54.8 Å². The predicted molar refractivity (Wildman–Crippen MR) is 117 cm³/mol. The third-order valence-corrected chi connectivity index (χ3v) is 6.82. The average Bonchev–Trinajstić information content (AvgIpc) is 3.41. The molecule has 7 heteroatoms. The Labute approximate surface area is 182 Å². The second kappa shape index (κ2) is 9.27. The zero-order valence-corrected chi connectivity index (χ0v) is 18.5. The van der Waals surface area contributed by atoms with E-state index < -0.39 is 0 Å². The molecule has 30 heavy (non-hydrogen) atoms. The molecule has 0 saturated carbocycles. The molecular weight excluding hydrogens is 400 g/mol. The van der Waals surface area contributed by atoms with Crippen molar-refractivity contribution in [3.63, 3.8) is 0 Å². The summed E-state index contributed by atoms with van der Waals surface area (Å²) in [6.45, 7) is 6.32. The topological polar surface area (TPSA) is 60.0 Å². The Morgan fingerprint density at radius 3 is 3.00 bits per heavy atom. The van der Waals surface area contributed by atoms with Crippen LogP contribution in [0.15, 0.2) is 35.7 Å². The summed E-state index contributed by atoms with van der Waals surface area (Å²) in [4.78, 5) is 16.4. The van der Waals surface area contributed by atoms with Gasteiger partial charge in [-0.3, -0.25) is 10.1 Å². The minimum absolute atomic E-state index is 0.00626. The Morgan fingerprint density at radius 1 is 1.33 bits per heavy atom. The maximum Gasteiger partial charge on any atom is 0.262 e. The molecule has 0 spiro atoms. The molecule has 1 aromatic carbocycles. The number of piperidine rings is 1. The number of nitrogens with one attached hydrogen (secondary N) is 1. The number of fused-ring (bicyclic) bond motifs is 1. The lowest BCUT2D eigenvalue weighted by Gasteiger charge is -2.43. The summed E-state index contributed by atoms with van der Waals surface area (Å²) in [6.07, 6.45) is 4.47. The molecular formula is C23H30N2O4S. The number of benzene rings is 1. The van der Waals surface area contributed by atoms with Crippen molar-refractivity contribution < 1.29 is 19.0 Å². The van der Waals surface area contributed by atoms with Crippen LogP contribution in [-0.4, -0.2) is 36.9 Å². The van der Waals surface area contributed by atoms with Gasteiger partial charge in [0.1, 0.15) is 5.75 Å². The van der Waals surface area contributed by atoms with Crippen molar-refractivity contribution in [1.82, 2.24) is 10.2 Å². The van der Waals surface area contributed by atoms with Crippen molar-refractivity contribution in [3.05, 3.63) is 40.6 Å². The Balaban J connectivity index is 1.45. The minimum Gasteiger partial charge on any atom is -0.484 e. The lowest BCUT2D eigenvalue weighted by Crippen LogP contribution is -2.55. The average molecular weight is 431 g/mol. The maximum absolute atomic E-state index is 13.3. The van der Waals surface area contributed by atoms with Crippen LogP contribution in [0.25, 0.3) is 0 Å². The Bertz CT molecular complexity index is 853. The van der Waals surface area contributed by atoms with E-state index in [4.69, 9.17) is 14.2 Å². The van der Waals surface area contributed by atoms with Gasteiger partial charge in [-0.1, -0.05) is 26.3 Å². The van der Waals surface area contributed by atoms with Crippen LogP contribution in [0.5, 0.6) is 17.2 Å². The lowest BCUT2D eigenvalue weighted by molar-refractivity contribution is -0.138. The summed E-state index contributed by atoms with van der Waals surface area (Å²) in [5.74, 6) is 1.95. The van der Waals surface area contributed by atoms with E-state index in [9.17, 15) is 4.79 Å². The second-order valence-corrected chi connectivity index (χ2v) is 9.42. The second-order valence-electron chi connectivity index (χ2n) is 8.39. The van der Waals surface area contributed by atoms with E-state index in [1.165, 1.54) is 11.3 Å². The summed E-state index contributed by atoms with van der Waals surface area (Å²) >= 11 is 1.68. The molecule has 0 radical (unpaired) electrons. The molecule has 2 unspecified atom stereocenters. The van der Waals surface area contributed by atoms with Gasteiger partial charge in [0.25, 0.3) is 5.91 Å². The van der Waals surface area contributed by atoms with Crippen LogP contribution in [0.2, 0.25) is 0 Å². The zero-order chi connectivity index (χ0) is 21.0. The van der Waals surface area contributed by atoms with Crippen LogP contribution >= 0.6 is 11.3 Å². The molecule has 1 aromatic heterocycles. The number of hydrogen-bond donors (Lipinski definition) is 1. The summed E-state index contributed by atoms with van der Waals surface area (Å²) < 4.78 is 16.6.